The maximum absolute atomic E-state index is 4.91. The number of aromatic nitrogens is 1. The first kappa shape index (κ1) is 10.2. The lowest BCUT2D eigenvalue weighted by molar-refractivity contribution is 0.428. The van der Waals surface area contributed by atoms with Gasteiger partial charge in [-0.3, -0.25) is 0 Å². The van der Waals surface area contributed by atoms with Crippen LogP contribution < -0.4 is 0 Å². The summed E-state index contributed by atoms with van der Waals surface area (Å²) in [6.45, 7) is 2.24. The summed E-state index contributed by atoms with van der Waals surface area (Å²) < 4.78 is 4.91. The van der Waals surface area contributed by atoms with Gasteiger partial charge in [0.2, 0.25) is 0 Å². The molecule has 0 radical (unpaired) electrons. The Bertz CT molecular complexity index is 419. The van der Waals surface area contributed by atoms with Crippen LogP contribution in [-0.2, 0) is 6.42 Å². The summed E-state index contributed by atoms with van der Waals surface area (Å²) in [4.78, 5) is 0. The largest absolute Gasteiger partial charge is 0.364 e. The van der Waals surface area contributed by atoms with Gasteiger partial charge >= 0.3 is 0 Å². The molecule has 1 aromatic carbocycles. The van der Waals surface area contributed by atoms with Crippen LogP contribution >= 0.6 is 0 Å². The lowest BCUT2D eigenvalue weighted by Crippen LogP contribution is -1.85. The second-order valence-electron chi connectivity index (χ2n) is 4.02. The zero-order valence-electron chi connectivity index (χ0n) is 9.20. The fourth-order valence-corrected chi connectivity index (χ4v) is 1.82. The molecular weight excluding hydrogens is 186 g/mol. The Morgan fingerprint density at radius 3 is 3.00 bits per heavy atom. The fraction of sp³-hybridized carbons (Fsp3) is 0.462. The third kappa shape index (κ3) is 2.58. The van der Waals surface area contributed by atoms with E-state index < -0.39 is 0 Å². The van der Waals surface area contributed by atoms with Gasteiger partial charge in [-0.15, -0.1) is 0 Å². The Balaban J connectivity index is 1.96. The molecular formula is C13H17NO. The second-order valence-corrected chi connectivity index (χ2v) is 4.02. The molecule has 0 amide bonds. The number of fused-ring (bicyclic) bond motifs is 1. The average molecular weight is 203 g/mol. The lowest BCUT2D eigenvalue weighted by Gasteiger charge is -2.00. The molecule has 2 aromatic rings. The van der Waals surface area contributed by atoms with Crippen LogP contribution in [0.1, 0.15) is 38.2 Å². The zero-order chi connectivity index (χ0) is 10.5. The Hall–Kier alpha value is -1.31. The van der Waals surface area contributed by atoms with E-state index in [2.05, 4.69) is 30.3 Å². The van der Waals surface area contributed by atoms with Crippen molar-refractivity contribution in [3.63, 3.8) is 0 Å². The molecule has 0 bridgehead atoms. The topological polar surface area (TPSA) is 26.0 Å². The van der Waals surface area contributed by atoms with Gasteiger partial charge in [-0.1, -0.05) is 37.4 Å². The number of hydrogen-bond donors (Lipinski definition) is 0. The molecule has 0 saturated heterocycles. The molecule has 0 aliphatic heterocycles. The summed E-state index contributed by atoms with van der Waals surface area (Å²) in [6, 6.07) is 6.39. The number of benzene rings is 1. The normalized spacial score (nSPS) is 11.0. The summed E-state index contributed by atoms with van der Waals surface area (Å²) in [7, 11) is 0. The molecule has 0 saturated carbocycles. The summed E-state index contributed by atoms with van der Waals surface area (Å²) >= 11 is 0. The van der Waals surface area contributed by atoms with E-state index in [4.69, 9.17) is 4.52 Å². The molecule has 0 aliphatic carbocycles. The van der Waals surface area contributed by atoms with E-state index in [1.54, 1.807) is 6.26 Å². The molecule has 2 nitrogen and oxygen atoms in total. The molecule has 15 heavy (non-hydrogen) atoms. The van der Waals surface area contributed by atoms with Crippen molar-refractivity contribution in [1.29, 1.82) is 0 Å². The minimum Gasteiger partial charge on any atom is -0.364 e. The van der Waals surface area contributed by atoms with Crippen LogP contribution in [0.3, 0.4) is 0 Å². The Morgan fingerprint density at radius 2 is 2.13 bits per heavy atom. The highest BCUT2D eigenvalue weighted by Gasteiger charge is 1.99. The maximum Gasteiger partial charge on any atom is 0.131 e. The van der Waals surface area contributed by atoms with E-state index in [9.17, 15) is 0 Å². The van der Waals surface area contributed by atoms with Gasteiger partial charge in [0.05, 0.1) is 0 Å². The van der Waals surface area contributed by atoms with E-state index in [0.717, 1.165) is 17.3 Å². The van der Waals surface area contributed by atoms with Crippen molar-refractivity contribution in [1.82, 2.24) is 5.16 Å². The smallest absolute Gasteiger partial charge is 0.131 e. The highest BCUT2D eigenvalue weighted by molar-refractivity contribution is 5.77. The molecule has 0 unspecified atom stereocenters. The maximum atomic E-state index is 4.91. The first-order valence-electron chi connectivity index (χ1n) is 5.73. The summed E-state index contributed by atoms with van der Waals surface area (Å²) in [5.74, 6) is 0. The van der Waals surface area contributed by atoms with Gasteiger partial charge in [0.1, 0.15) is 11.8 Å². The van der Waals surface area contributed by atoms with Crippen LogP contribution in [0.2, 0.25) is 0 Å². The van der Waals surface area contributed by atoms with Crippen molar-refractivity contribution in [2.45, 2.75) is 39.0 Å². The average Bonchev–Trinajstić information content (AvgIpc) is 2.71. The SMILES string of the molecule is CCCCCCc1ccc2conc2c1. The van der Waals surface area contributed by atoms with Gasteiger partial charge in [-0.25, -0.2) is 0 Å². The molecule has 0 N–H and O–H groups in total. The van der Waals surface area contributed by atoms with Crippen molar-refractivity contribution < 1.29 is 4.52 Å². The highest BCUT2D eigenvalue weighted by atomic mass is 16.5. The predicted molar refractivity (Wildman–Crippen MR) is 61.9 cm³/mol. The third-order valence-electron chi connectivity index (χ3n) is 2.74. The molecule has 0 aliphatic rings. The third-order valence-corrected chi connectivity index (χ3v) is 2.74. The number of unbranched alkanes of at least 4 members (excludes halogenated alkanes) is 3. The summed E-state index contributed by atoms with van der Waals surface area (Å²) in [5, 5.41) is 5.04. The number of rotatable bonds is 5. The fourth-order valence-electron chi connectivity index (χ4n) is 1.82. The van der Waals surface area contributed by atoms with Crippen LogP contribution in [0.25, 0.3) is 10.9 Å². The van der Waals surface area contributed by atoms with Crippen molar-refractivity contribution in [3.05, 3.63) is 30.0 Å². The molecule has 0 fully saturated rings. The first-order chi connectivity index (χ1) is 7.40. The van der Waals surface area contributed by atoms with Crippen molar-refractivity contribution in [2.24, 2.45) is 0 Å². The highest BCUT2D eigenvalue weighted by Crippen LogP contribution is 2.16. The molecule has 1 heterocycles. The standard InChI is InChI=1S/C13H17NO/c1-2-3-4-5-6-11-7-8-12-10-15-14-13(12)9-11/h7-10H,2-6H2,1H3. The van der Waals surface area contributed by atoms with Gasteiger partial charge < -0.3 is 4.52 Å². The van der Waals surface area contributed by atoms with Gasteiger partial charge in [0, 0.05) is 5.39 Å². The minimum atomic E-state index is 0.975. The van der Waals surface area contributed by atoms with E-state index >= 15 is 0 Å². The van der Waals surface area contributed by atoms with E-state index in [-0.39, 0.29) is 0 Å². The van der Waals surface area contributed by atoms with Crippen LogP contribution in [0.5, 0.6) is 0 Å². The van der Waals surface area contributed by atoms with Gasteiger partial charge in [-0.2, -0.15) is 0 Å². The summed E-state index contributed by atoms with van der Waals surface area (Å²) in [5.41, 5.74) is 2.34. The Labute approximate surface area is 90.3 Å². The molecule has 2 rings (SSSR count). The first-order valence-corrected chi connectivity index (χ1v) is 5.73. The molecule has 1 aromatic heterocycles. The lowest BCUT2D eigenvalue weighted by atomic mass is 10.1. The molecule has 80 valence electrons. The Kier molecular flexibility index (Phi) is 3.38. The van der Waals surface area contributed by atoms with Gasteiger partial charge in [-0.05, 0) is 30.5 Å². The number of hydrogen-bond acceptors (Lipinski definition) is 2. The monoisotopic (exact) mass is 203 g/mol. The second kappa shape index (κ2) is 4.96. The van der Waals surface area contributed by atoms with Crippen LogP contribution in [0, 0.1) is 0 Å². The van der Waals surface area contributed by atoms with E-state index in [1.165, 1.54) is 31.2 Å². The summed E-state index contributed by atoms with van der Waals surface area (Å²) in [6.07, 6.45) is 8.08. The van der Waals surface area contributed by atoms with Crippen molar-refractivity contribution in [2.75, 3.05) is 0 Å². The number of nitrogens with zero attached hydrogens (tertiary/aromatic N) is 1. The van der Waals surface area contributed by atoms with Crippen molar-refractivity contribution in [3.8, 4) is 0 Å². The van der Waals surface area contributed by atoms with Gasteiger partial charge in [0.25, 0.3) is 0 Å². The zero-order valence-corrected chi connectivity index (χ0v) is 9.20. The van der Waals surface area contributed by atoms with Crippen LogP contribution in [0.15, 0.2) is 29.0 Å². The quantitative estimate of drug-likeness (QED) is 0.688. The molecule has 0 spiro atoms. The molecule has 2 heteroatoms. The Morgan fingerprint density at radius 1 is 1.20 bits per heavy atom. The van der Waals surface area contributed by atoms with Crippen LogP contribution in [0.4, 0.5) is 0 Å². The van der Waals surface area contributed by atoms with Gasteiger partial charge in [0.15, 0.2) is 0 Å². The van der Waals surface area contributed by atoms with E-state index in [0.29, 0.717) is 0 Å². The predicted octanol–water partition coefficient (Wildman–Crippen LogP) is 3.95. The molecule has 0 atom stereocenters. The van der Waals surface area contributed by atoms with Crippen molar-refractivity contribution >= 4 is 10.9 Å². The van der Waals surface area contributed by atoms with E-state index in [1.807, 2.05) is 0 Å². The minimum absolute atomic E-state index is 0.975. The number of aryl methyl sites for hydroxylation is 1. The van der Waals surface area contributed by atoms with Crippen LogP contribution in [-0.4, -0.2) is 5.16 Å².